The summed E-state index contributed by atoms with van der Waals surface area (Å²) in [7, 11) is 0. The van der Waals surface area contributed by atoms with Crippen molar-refractivity contribution in [3.63, 3.8) is 0 Å². The van der Waals surface area contributed by atoms with Gasteiger partial charge in [-0.05, 0) is 109 Å². The number of thiophene rings is 1. The second kappa shape index (κ2) is 13.8. The molecule has 296 valence electrons. The Labute approximate surface area is 368 Å². The van der Waals surface area contributed by atoms with E-state index in [1.807, 2.05) is 11.3 Å². The molecule has 0 radical (unpaired) electrons. The van der Waals surface area contributed by atoms with Gasteiger partial charge in [0.25, 0.3) is 0 Å². The third kappa shape index (κ3) is 5.39. The van der Waals surface area contributed by atoms with E-state index in [4.69, 9.17) is 0 Å². The lowest BCUT2D eigenvalue weighted by Gasteiger charge is -2.30. The molecule has 0 saturated heterocycles. The highest BCUT2D eigenvalue weighted by atomic mass is 32.1. The summed E-state index contributed by atoms with van der Waals surface area (Å²) >= 11 is 1.88. The average Bonchev–Trinajstić information content (AvgIpc) is 3.90. The first-order chi connectivity index (χ1) is 30.3. The Kier molecular flexibility index (Phi) is 8.17. The van der Waals surface area contributed by atoms with Gasteiger partial charge in [-0.1, -0.05) is 191 Å². The Morgan fingerprint density at radius 3 is 1.79 bits per heavy atom. The average molecular weight is 812 g/mol. The van der Waals surface area contributed by atoms with Crippen molar-refractivity contribution in [3.8, 4) is 55.6 Å². The van der Waals surface area contributed by atoms with Crippen molar-refractivity contribution in [1.29, 1.82) is 0 Å². The molecule has 9 aromatic carbocycles. The third-order valence-electron chi connectivity index (χ3n) is 13.9. The predicted octanol–water partition coefficient (Wildman–Crippen LogP) is 17.1. The molecule has 1 nitrogen and oxygen atoms in total. The zero-order chi connectivity index (χ0) is 41.7. The van der Waals surface area contributed by atoms with Gasteiger partial charge in [-0.15, -0.1) is 11.3 Å². The molecule has 1 heterocycles. The lowest BCUT2D eigenvalue weighted by Crippen LogP contribution is -2.16. The van der Waals surface area contributed by atoms with Gasteiger partial charge in [0.15, 0.2) is 0 Å². The van der Waals surface area contributed by atoms with E-state index in [0.29, 0.717) is 0 Å². The quantitative estimate of drug-likeness (QED) is 0.162. The second-order valence-electron chi connectivity index (χ2n) is 18.0. The van der Waals surface area contributed by atoms with Gasteiger partial charge in [0.2, 0.25) is 0 Å². The monoisotopic (exact) mass is 811 g/mol. The molecule has 0 fully saturated rings. The smallest absolute Gasteiger partial charge is 0.0540 e. The highest BCUT2D eigenvalue weighted by Gasteiger charge is 2.38. The van der Waals surface area contributed by atoms with Crippen LogP contribution in [0.25, 0.3) is 75.8 Å². The number of rotatable bonds is 6. The molecule has 0 N–H and O–H groups in total. The van der Waals surface area contributed by atoms with Gasteiger partial charge in [0, 0.05) is 47.9 Å². The van der Waals surface area contributed by atoms with Crippen LogP contribution in [0, 0.1) is 0 Å². The first-order valence-electron chi connectivity index (χ1n) is 21.8. The maximum Gasteiger partial charge on any atom is 0.0540 e. The molecule has 12 rings (SSSR count). The third-order valence-corrected chi connectivity index (χ3v) is 15.1. The van der Waals surface area contributed by atoms with Crippen molar-refractivity contribution in [2.24, 2.45) is 0 Å². The topological polar surface area (TPSA) is 3.24 Å². The van der Waals surface area contributed by atoms with E-state index < -0.39 is 0 Å². The number of benzene rings is 9. The minimum Gasteiger partial charge on any atom is -0.310 e. The van der Waals surface area contributed by atoms with Crippen LogP contribution in [0.15, 0.2) is 200 Å². The Hall–Kier alpha value is -7.00. The Bertz CT molecular complexity index is 3420. The summed E-state index contributed by atoms with van der Waals surface area (Å²) in [4.78, 5) is 2.48. The van der Waals surface area contributed by atoms with E-state index in [-0.39, 0.29) is 10.8 Å². The molecule has 2 heteroatoms. The zero-order valence-corrected chi connectivity index (χ0v) is 36.2. The van der Waals surface area contributed by atoms with Gasteiger partial charge < -0.3 is 4.90 Å². The highest BCUT2D eigenvalue weighted by molar-refractivity contribution is 7.26. The van der Waals surface area contributed by atoms with Gasteiger partial charge in [-0.2, -0.15) is 0 Å². The van der Waals surface area contributed by atoms with Crippen LogP contribution in [0.5, 0.6) is 0 Å². The number of fused-ring (bicyclic) bond motifs is 9. The summed E-state index contributed by atoms with van der Waals surface area (Å²) < 4.78 is 2.65. The first-order valence-corrected chi connectivity index (χ1v) is 22.6. The Morgan fingerprint density at radius 1 is 0.371 bits per heavy atom. The van der Waals surface area contributed by atoms with Crippen molar-refractivity contribution < 1.29 is 0 Å². The molecule has 0 saturated carbocycles. The maximum absolute atomic E-state index is 2.48. The lowest BCUT2D eigenvalue weighted by atomic mass is 9.79. The molecule has 0 amide bonds. The molecule has 0 atom stereocenters. The lowest BCUT2D eigenvalue weighted by molar-refractivity contribution is 0.660. The number of para-hydroxylation sites is 1. The molecule has 10 aromatic rings. The SMILES string of the molecule is CC1(C)c2ccccc2-c2c(-c3ccccc3N(c3ccc(-c4cccc5c4sc4ccccc45)cc3)c3cccc(-c4cccc5c4C(C)(C)c4ccccc4-5)c3)cccc21. The van der Waals surface area contributed by atoms with Gasteiger partial charge in [-0.25, -0.2) is 0 Å². The van der Waals surface area contributed by atoms with Crippen LogP contribution >= 0.6 is 11.3 Å². The van der Waals surface area contributed by atoms with Crippen LogP contribution in [0.2, 0.25) is 0 Å². The molecular weight excluding hydrogens is 767 g/mol. The van der Waals surface area contributed by atoms with Gasteiger partial charge in [-0.3, -0.25) is 0 Å². The van der Waals surface area contributed by atoms with Crippen LogP contribution in [-0.2, 0) is 10.8 Å². The number of anilines is 3. The minimum atomic E-state index is -0.129. The van der Waals surface area contributed by atoms with Crippen molar-refractivity contribution in [2.45, 2.75) is 38.5 Å². The molecular formula is C60H45NS. The maximum atomic E-state index is 2.48. The Balaban J connectivity index is 1.05. The largest absolute Gasteiger partial charge is 0.310 e. The molecule has 0 aliphatic heterocycles. The van der Waals surface area contributed by atoms with E-state index in [2.05, 4.69) is 233 Å². The summed E-state index contributed by atoms with van der Waals surface area (Å²) in [6, 6.07) is 74.7. The normalized spacial score (nSPS) is 14.1. The molecule has 0 bridgehead atoms. The van der Waals surface area contributed by atoms with Crippen LogP contribution in [0.4, 0.5) is 17.1 Å². The van der Waals surface area contributed by atoms with Crippen molar-refractivity contribution in [3.05, 3.63) is 222 Å². The fourth-order valence-electron chi connectivity index (χ4n) is 11.0. The fourth-order valence-corrected chi connectivity index (χ4v) is 12.2. The van der Waals surface area contributed by atoms with Gasteiger partial charge in [0.05, 0.1) is 5.69 Å². The highest BCUT2D eigenvalue weighted by Crippen LogP contribution is 2.55. The zero-order valence-electron chi connectivity index (χ0n) is 35.4. The van der Waals surface area contributed by atoms with Crippen molar-refractivity contribution in [2.75, 3.05) is 4.90 Å². The van der Waals surface area contributed by atoms with Crippen LogP contribution < -0.4 is 4.90 Å². The Morgan fingerprint density at radius 2 is 0.952 bits per heavy atom. The van der Waals surface area contributed by atoms with Crippen molar-refractivity contribution in [1.82, 2.24) is 0 Å². The van der Waals surface area contributed by atoms with E-state index >= 15 is 0 Å². The molecule has 2 aliphatic rings. The van der Waals surface area contributed by atoms with Crippen molar-refractivity contribution >= 4 is 48.6 Å². The fraction of sp³-hybridized carbons (Fsp3) is 0.100. The molecule has 1 aromatic heterocycles. The van der Waals surface area contributed by atoms with Gasteiger partial charge in [0.1, 0.15) is 0 Å². The summed E-state index contributed by atoms with van der Waals surface area (Å²) in [5.74, 6) is 0. The predicted molar refractivity (Wildman–Crippen MR) is 265 cm³/mol. The van der Waals surface area contributed by atoms with Crippen LogP contribution in [0.3, 0.4) is 0 Å². The van der Waals surface area contributed by atoms with E-state index in [0.717, 1.165) is 17.1 Å². The molecule has 2 aliphatic carbocycles. The van der Waals surface area contributed by atoms with E-state index in [1.165, 1.54) is 98.1 Å². The van der Waals surface area contributed by atoms with Crippen LogP contribution in [-0.4, -0.2) is 0 Å². The minimum absolute atomic E-state index is 0.0959. The first kappa shape index (κ1) is 36.8. The second-order valence-corrected chi connectivity index (χ2v) is 19.1. The van der Waals surface area contributed by atoms with E-state index in [9.17, 15) is 0 Å². The number of nitrogens with zero attached hydrogens (tertiary/aromatic N) is 1. The summed E-state index contributed by atoms with van der Waals surface area (Å²) in [6.07, 6.45) is 0. The van der Waals surface area contributed by atoms with Gasteiger partial charge >= 0.3 is 0 Å². The molecule has 0 spiro atoms. The summed E-state index contributed by atoms with van der Waals surface area (Å²) in [6.45, 7) is 9.50. The standard InChI is InChI=1S/C60H45NS/c1-59(2)52-29-10-6-22-50(52)56-47(25-16-30-53(56)59)45-20-7-11-31-54(45)61(40-35-33-38(34-36-40)43-24-15-27-49-46-21-8-12-32-55(46)62-58(43)49)41-18-13-17-39(37-41)42-23-14-26-48-44-19-5-9-28-51(44)60(3,4)57(42)48/h5-37H,1-4H3. The van der Waals surface area contributed by atoms with Crippen LogP contribution in [0.1, 0.15) is 49.9 Å². The summed E-state index contributed by atoms with van der Waals surface area (Å²) in [5.41, 5.74) is 21.5. The number of hydrogen-bond acceptors (Lipinski definition) is 2. The molecule has 62 heavy (non-hydrogen) atoms. The van der Waals surface area contributed by atoms with E-state index in [1.54, 1.807) is 0 Å². The number of hydrogen-bond donors (Lipinski definition) is 0. The molecule has 0 unspecified atom stereocenters. The summed E-state index contributed by atoms with van der Waals surface area (Å²) in [5, 5.41) is 2.64.